The van der Waals surface area contributed by atoms with E-state index in [0.29, 0.717) is 12.1 Å². The van der Waals surface area contributed by atoms with Crippen molar-refractivity contribution >= 4 is 5.91 Å². The smallest absolute Gasteiger partial charge is 0.253 e. The third-order valence-electron chi connectivity index (χ3n) is 3.83. The molecule has 0 aliphatic carbocycles. The molecule has 1 aliphatic heterocycles. The standard InChI is InChI=1S/C17H19N3O/c1-12-3-2-4-16(19-12)13-5-7-14(8-6-13)17(21)20-10-9-15(18)11-20/h2-8,15H,9-11,18H2,1H3/t15-/m1/s1. The molecule has 2 N–H and O–H groups in total. The molecule has 1 aromatic heterocycles. The van der Waals surface area contributed by atoms with Crippen molar-refractivity contribution in [2.45, 2.75) is 19.4 Å². The van der Waals surface area contributed by atoms with Gasteiger partial charge in [-0.3, -0.25) is 9.78 Å². The van der Waals surface area contributed by atoms with E-state index in [1.807, 2.05) is 54.3 Å². The van der Waals surface area contributed by atoms with Crippen molar-refractivity contribution in [3.63, 3.8) is 0 Å². The minimum absolute atomic E-state index is 0.0618. The lowest BCUT2D eigenvalue weighted by molar-refractivity contribution is 0.0791. The van der Waals surface area contributed by atoms with Crippen LogP contribution in [0.3, 0.4) is 0 Å². The van der Waals surface area contributed by atoms with Gasteiger partial charge in [-0.25, -0.2) is 0 Å². The van der Waals surface area contributed by atoms with E-state index < -0.39 is 0 Å². The summed E-state index contributed by atoms with van der Waals surface area (Å²) in [5.41, 5.74) is 9.50. The zero-order valence-electron chi connectivity index (χ0n) is 12.1. The Bertz CT molecular complexity index is 651. The quantitative estimate of drug-likeness (QED) is 0.918. The summed E-state index contributed by atoms with van der Waals surface area (Å²) in [7, 11) is 0. The van der Waals surface area contributed by atoms with Gasteiger partial charge in [0.2, 0.25) is 0 Å². The molecule has 1 aliphatic rings. The lowest BCUT2D eigenvalue weighted by atomic mass is 10.1. The van der Waals surface area contributed by atoms with Crippen molar-refractivity contribution in [2.24, 2.45) is 5.73 Å². The van der Waals surface area contributed by atoms with Crippen LogP contribution in [0.5, 0.6) is 0 Å². The fourth-order valence-corrected chi connectivity index (χ4v) is 2.64. The van der Waals surface area contributed by atoms with Crippen molar-refractivity contribution in [1.29, 1.82) is 0 Å². The molecule has 1 amide bonds. The summed E-state index contributed by atoms with van der Waals surface area (Å²) in [5.74, 6) is 0.0618. The highest BCUT2D eigenvalue weighted by atomic mass is 16.2. The van der Waals surface area contributed by atoms with Gasteiger partial charge in [0.25, 0.3) is 5.91 Å². The molecule has 2 heterocycles. The van der Waals surface area contributed by atoms with E-state index in [1.54, 1.807) is 0 Å². The molecule has 4 nitrogen and oxygen atoms in total. The summed E-state index contributed by atoms with van der Waals surface area (Å²) < 4.78 is 0. The Labute approximate surface area is 124 Å². The van der Waals surface area contributed by atoms with Crippen LogP contribution in [0.15, 0.2) is 42.5 Å². The molecule has 0 saturated carbocycles. The van der Waals surface area contributed by atoms with Crippen LogP contribution in [-0.2, 0) is 0 Å². The van der Waals surface area contributed by atoms with Crippen LogP contribution in [0.1, 0.15) is 22.5 Å². The molecule has 2 aromatic rings. The molecule has 3 rings (SSSR count). The molecule has 1 atom stereocenters. The van der Waals surface area contributed by atoms with Gasteiger partial charge in [0.1, 0.15) is 0 Å². The molecule has 1 fully saturated rings. The Hall–Kier alpha value is -2.20. The number of nitrogens with two attached hydrogens (primary N) is 1. The van der Waals surface area contributed by atoms with Crippen molar-refractivity contribution in [2.75, 3.05) is 13.1 Å². The van der Waals surface area contributed by atoms with Gasteiger partial charge in [0, 0.05) is 36.0 Å². The van der Waals surface area contributed by atoms with E-state index in [2.05, 4.69) is 4.98 Å². The largest absolute Gasteiger partial charge is 0.337 e. The maximum Gasteiger partial charge on any atom is 0.253 e. The first-order valence-corrected chi connectivity index (χ1v) is 7.22. The number of carbonyl (C=O) groups is 1. The topological polar surface area (TPSA) is 59.2 Å². The number of aryl methyl sites for hydroxylation is 1. The molecule has 1 saturated heterocycles. The van der Waals surface area contributed by atoms with Crippen LogP contribution in [0.25, 0.3) is 11.3 Å². The highest BCUT2D eigenvalue weighted by molar-refractivity contribution is 5.94. The number of likely N-dealkylation sites (tertiary alicyclic amines) is 1. The summed E-state index contributed by atoms with van der Waals surface area (Å²) in [4.78, 5) is 18.7. The molecule has 4 heteroatoms. The molecule has 21 heavy (non-hydrogen) atoms. The van der Waals surface area contributed by atoms with Crippen LogP contribution < -0.4 is 5.73 Å². The van der Waals surface area contributed by atoms with E-state index >= 15 is 0 Å². The van der Waals surface area contributed by atoms with Gasteiger partial charge in [0.05, 0.1) is 5.69 Å². The Balaban J connectivity index is 1.79. The summed E-state index contributed by atoms with van der Waals surface area (Å²) in [6.07, 6.45) is 0.886. The minimum Gasteiger partial charge on any atom is -0.337 e. The monoisotopic (exact) mass is 281 g/mol. The van der Waals surface area contributed by atoms with Crippen molar-refractivity contribution in [3.8, 4) is 11.3 Å². The second-order valence-electron chi connectivity index (χ2n) is 5.54. The van der Waals surface area contributed by atoms with Crippen LogP contribution in [-0.4, -0.2) is 34.9 Å². The second-order valence-corrected chi connectivity index (χ2v) is 5.54. The van der Waals surface area contributed by atoms with E-state index in [4.69, 9.17) is 5.73 Å². The Morgan fingerprint density at radius 3 is 2.62 bits per heavy atom. The van der Waals surface area contributed by atoms with Crippen LogP contribution in [0.2, 0.25) is 0 Å². The molecule has 0 spiro atoms. The Morgan fingerprint density at radius 1 is 1.24 bits per heavy atom. The number of hydrogen-bond acceptors (Lipinski definition) is 3. The van der Waals surface area contributed by atoms with Gasteiger partial charge in [0.15, 0.2) is 0 Å². The summed E-state index contributed by atoms with van der Waals surface area (Å²) in [5, 5.41) is 0. The SMILES string of the molecule is Cc1cccc(-c2ccc(C(=O)N3CC[C@@H](N)C3)cc2)n1. The highest BCUT2D eigenvalue weighted by Gasteiger charge is 2.24. The second kappa shape index (κ2) is 5.66. The minimum atomic E-state index is 0.0618. The highest BCUT2D eigenvalue weighted by Crippen LogP contribution is 2.19. The predicted molar refractivity (Wildman–Crippen MR) is 82.9 cm³/mol. The van der Waals surface area contributed by atoms with Gasteiger partial charge >= 0.3 is 0 Å². The Morgan fingerprint density at radius 2 is 2.00 bits per heavy atom. The van der Waals surface area contributed by atoms with E-state index in [-0.39, 0.29) is 11.9 Å². The number of rotatable bonds is 2. The molecular weight excluding hydrogens is 262 g/mol. The zero-order valence-corrected chi connectivity index (χ0v) is 12.1. The third kappa shape index (κ3) is 2.95. The molecule has 0 radical (unpaired) electrons. The van der Waals surface area contributed by atoms with Crippen molar-refractivity contribution < 1.29 is 4.79 Å². The van der Waals surface area contributed by atoms with E-state index in [0.717, 1.165) is 29.9 Å². The number of carbonyl (C=O) groups excluding carboxylic acids is 1. The first-order chi connectivity index (χ1) is 10.1. The fraction of sp³-hybridized carbons (Fsp3) is 0.294. The fourth-order valence-electron chi connectivity index (χ4n) is 2.64. The Kier molecular flexibility index (Phi) is 3.71. The number of pyridine rings is 1. The number of hydrogen-bond donors (Lipinski definition) is 1. The van der Waals surface area contributed by atoms with Crippen molar-refractivity contribution in [1.82, 2.24) is 9.88 Å². The van der Waals surface area contributed by atoms with Gasteiger partial charge in [-0.05, 0) is 37.6 Å². The summed E-state index contributed by atoms with van der Waals surface area (Å²) in [6.45, 7) is 3.37. The molecule has 1 aromatic carbocycles. The lowest BCUT2D eigenvalue weighted by Gasteiger charge is -2.15. The molecular formula is C17H19N3O. The predicted octanol–water partition coefficient (Wildman–Crippen LogP) is 2.23. The van der Waals surface area contributed by atoms with Crippen LogP contribution in [0.4, 0.5) is 0 Å². The van der Waals surface area contributed by atoms with E-state index in [1.165, 1.54) is 0 Å². The van der Waals surface area contributed by atoms with Crippen molar-refractivity contribution in [3.05, 3.63) is 53.7 Å². The summed E-state index contributed by atoms with van der Waals surface area (Å²) in [6, 6.07) is 13.7. The normalized spacial score (nSPS) is 18.0. The average molecular weight is 281 g/mol. The number of nitrogens with zero attached hydrogens (tertiary/aromatic N) is 2. The van der Waals surface area contributed by atoms with E-state index in [9.17, 15) is 4.79 Å². The van der Waals surface area contributed by atoms with Gasteiger partial charge in [-0.1, -0.05) is 18.2 Å². The third-order valence-corrected chi connectivity index (χ3v) is 3.83. The van der Waals surface area contributed by atoms with Crippen LogP contribution >= 0.6 is 0 Å². The summed E-state index contributed by atoms with van der Waals surface area (Å²) >= 11 is 0. The molecule has 108 valence electrons. The molecule has 0 unspecified atom stereocenters. The number of benzene rings is 1. The maximum absolute atomic E-state index is 12.3. The van der Waals surface area contributed by atoms with Gasteiger partial charge in [-0.2, -0.15) is 0 Å². The lowest BCUT2D eigenvalue weighted by Crippen LogP contribution is -2.31. The average Bonchev–Trinajstić information content (AvgIpc) is 2.93. The van der Waals surface area contributed by atoms with Gasteiger partial charge in [-0.15, -0.1) is 0 Å². The zero-order chi connectivity index (χ0) is 14.8. The first-order valence-electron chi connectivity index (χ1n) is 7.22. The maximum atomic E-state index is 12.3. The first kappa shape index (κ1) is 13.8. The van der Waals surface area contributed by atoms with Crippen LogP contribution in [0, 0.1) is 6.92 Å². The number of amides is 1. The number of aromatic nitrogens is 1. The van der Waals surface area contributed by atoms with Gasteiger partial charge < -0.3 is 10.6 Å². The molecule has 0 bridgehead atoms.